The molecule has 2 amide bonds. The van der Waals surface area contributed by atoms with E-state index in [4.69, 9.17) is 4.74 Å². The lowest BCUT2D eigenvalue weighted by atomic mass is 10.1. The second-order valence-corrected chi connectivity index (χ2v) is 6.63. The highest BCUT2D eigenvalue weighted by Crippen LogP contribution is 2.21. The molecule has 1 aliphatic rings. The number of nitrogens with one attached hydrogen (secondary N) is 1. The first-order valence-corrected chi connectivity index (χ1v) is 9.18. The maximum atomic E-state index is 12.5. The van der Waals surface area contributed by atoms with Crippen molar-refractivity contribution in [2.45, 2.75) is 20.8 Å². The predicted octanol–water partition coefficient (Wildman–Crippen LogP) is 4.06. The Morgan fingerprint density at radius 2 is 1.69 bits per heavy atom. The third kappa shape index (κ3) is 4.28. The number of aryl methyl sites for hydroxylation is 2. The first kappa shape index (κ1) is 18.1. The van der Waals surface area contributed by atoms with Gasteiger partial charge >= 0.3 is 6.03 Å². The van der Waals surface area contributed by atoms with Gasteiger partial charge in [0, 0.05) is 37.6 Å². The van der Waals surface area contributed by atoms with E-state index in [1.54, 1.807) is 0 Å². The van der Waals surface area contributed by atoms with E-state index in [9.17, 15) is 4.79 Å². The van der Waals surface area contributed by atoms with Crippen LogP contribution >= 0.6 is 0 Å². The van der Waals surface area contributed by atoms with Crippen LogP contribution in [-0.4, -0.2) is 43.7 Å². The monoisotopic (exact) mass is 353 g/mol. The van der Waals surface area contributed by atoms with Crippen LogP contribution in [0.3, 0.4) is 0 Å². The zero-order valence-electron chi connectivity index (χ0n) is 15.8. The number of hydrogen-bond donors (Lipinski definition) is 1. The van der Waals surface area contributed by atoms with E-state index in [-0.39, 0.29) is 6.03 Å². The smallest absolute Gasteiger partial charge is 0.321 e. The number of anilines is 2. The molecule has 0 bridgehead atoms. The molecule has 1 aliphatic heterocycles. The van der Waals surface area contributed by atoms with Crippen LogP contribution in [-0.2, 0) is 0 Å². The van der Waals surface area contributed by atoms with E-state index in [0.29, 0.717) is 6.61 Å². The van der Waals surface area contributed by atoms with E-state index in [2.05, 4.69) is 42.3 Å². The quantitative estimate of drug-likeness (QED) is 0.902. The summed E-state index contributed by atoms with van der Waals surface area (Å²) < 4.78 is 5.42. The van der Waals surface area contributed by atoms with Gasteiger partial charge in [0.15, 0.2) is 0 Å². The minimum Gasteiger partial charge on any atom is -0.494 e. The molecule has 1 N–H and O–H groups in total. The Kier molecular flexibility index (Phi) is 5.66. The van der Waals surface area contributed by atoms with Crippen molar-refractivity contribution in [3.05, 3.63) is 53.6 Å². The van der Waals surface area contributed by atoms with Crippen molar-refractivity contribution >= 4 is 17.4 Å². The summed E-state index contributed by atoms with van der Waals surface area (Å²) in [5, 5.41) is 2.97. The molecule has 0 aliphatic carbocycles. The molecule has 1 heterocycles. The number of piperazine rings is 1. The SMILES string of the molecule is CCOc1ccc(NC(=O)N2CCN(c3ccc(C)c(C)c3)CC2)cc1. The number of ether oxygens (including phenoxy) is 1. The van der Waals surface area contributed by atoms with Crippen LogP contribution in [0.1, 0.15) is 18.1 Å². The van der Waals surface area contributed by atoms with Gasteiger partial charge in [-0.2, -0.15) is 0 Å². The summed E-state index contributed by atoms with van der Waals surface area (Å²) in [6, 6.07) is 14.0. The average molecular weight is 353 g/mol. The molecule has 138 valence electrons. The molecular weight excluding hydrogens is 326 g/mol. The van der Waals surface area contributed by atoms with Crippen molar-refractivity contribution in [1.82, 2.24) is 4.90 Å². The molecule has 2 aromatic rings. The lowest BCUT2D eigenvalue weighted by Crippen LogP contribution is -2.50. The van der Waals surface area contributed by atoms with E-state index >= 15 is 0 Å². The highest BCUT2D eigenvalue weighted by molar-refractivity contribution is 5.89. The Hall–Kier alpha value is -2.69. The second-order valence-electron chi connectivity index (χ2n) is 6.63. The summed E-state index contributed by atoms with van der Waals surface area (Å²) in [7, 11) is 0. The van der Waals surface area contributed by atoms with E-state index in [1.807, 2.05) is 36.1 Å². The summed E-state index contributed by atoms with van der Waals surface area (Å²) >= 11 is 0. The van der Waals surface area contributed by atoms with Crippen LogP contribution in [0.2, 0.25) is 0 Å². The molecule has 0 aromatic heterocycles. The largest absolute Gasteiger partial charge is 0.494 e. The molecule has 0 unspecified atom stereocenters. The number of urea groups is 1. The number of carbonyl (C=O) groups excluding carboxylic acids is 1. The van der Waals surface area contributed by atoms with Crippen LogP contribution in [0.5, 0.6) is 5.75 Å². The number of amides is 2. The van der Waals surface area contributed by atoms with Gasteiger partial charge in [-0.15, -0.1) is 0 Å². The van der Waals surface area contributed by atoms with Gasteiger partial charge in [0.25, 0.3) is 0 Å². The Labute approximate surface area is 155 Å². The van der Waals surface area contributed by atoms with Crippen LogP contribution in [0.25, 0.3) is 0 Å². The maximum absolute atomic E-state index is 12.5. The number of nitrogens with zero attached hydrogens (tertiary/aromatic N) is 2. The predicted molar refractivity (Wildman–Crippen MR) is 106 cm³/mol. The van der Waals surface area contributed by atoms with E-state index in [0.717, 1.165) is 37.6 Å². The summed E-state index contributed by atoms with van der Waals surface area (Å²) in [5.41, 5.74) is 4.63. The molecule has 3 rings (SSSR count). The Morgan fingerprint density at radius 3 is 2.31 bits per heavy atom. The van der Waals surface area contributed by atoms with Crippen LogP contribution in [0, 0.1) is 13.8 Å². The minimum atomic E-state index is -0.0473. The van der Waals surface area contributed by atoms with Crippen molar-refractivity contribution < 1.29 is 9.53 Å². The van der Waals surface area contributed by atoms with Crippen LogP contribution < -0.4 is 15.0 Å². The average Bonchev–Trinajstić information content (AvgIpc) is 2.66. The zero-order valence-corrected chi connectivity index (χ0v) is 15.8. The molecule has 0 spiro atoms. The van der Waals surface area contributed by atoms with Crippen LogP contribution in [0.15, 0.2) is 42.5 Å². The number of hydrogen-bond acceptors (Lipinski definition) is 3. The molecule has 0 atom stereocenters. The standard InChI is InChI=1S/C21H27N3O2/c1-4-26-20-9-6-18(7-10-20)22-21(25)24-13-11-23(12-14-24)19-8-5-16(2)17(3)15-19/h5-10,15H,4,11-14H2,1-3H3,(H,22,25). The van der Waals surface area contributed by atoms with Gasteiger partial charge in [-0.1, -0.05) is 6.07 Å². The molecular formula is C21H27N3O2. The fourth-order valence-electron chi connectivity index (χ4n) is 3.09. The summed E-state index contributed by atoms with van der Waals surface area (Å²) in [5.74, 6) is 0.813. The molecule has 5 nitrogen and oxygen atoms in total. The van der Waals surface area contributed by atoms with Gasteiger partial charge < -0.3 is 19.9 Å². The lowest BCUT2D eigenvalue weighted by molar-refractivity contribution is 0.208. The van der Waals surface area contributed by atoms with Gasteiger partial charge in [-0.3, -0.25) is 0 Å². The zero-order chi connectivity index (χ0) is 18.5. The fraction of sp³-hybridized carbons (Fsp3) is 0.381. The lowest BCUT2D eigenvalue weighted by Gasteiger charge is -2.36. The van der Waals surface area contributed by atoms with Gasteiger partial charge in [0.1, 0.15) is 5.75 Å². The first-order chi connectivity index (χ1) is 12.6. The van der Waals surface area contributed by atoms with Gasteiger partial charge in [0.05, 0.1) is 6.61 Å². The Bertz CT molecular complexity index is 750. The van der Waals surface area contributed by atoms with Gasteiger partial charge in [-0.25, -0.2) is 4.79 Å². The fourth-order valence-corrected chi connectivity index (χ4v) is 3.09. The van der Waals surface area contributed by atoms with Crippen molar-refractivity contribution in [1.29, 1.82) is 0 Å². The van der Waals surface area contributed by atoms with Crippen molar-refractivity contribution in [2.75, 3.05) is 43.0 Å². The highest BCUT2D eigenvalue weighted by Gasteiger charge is 2.21. The Morgan fingerprint density at radius 1 is 1.00 bits per heavy atom. The molecule has 26 heavy (non-hydrogen) atoms. The van der Waals surface area contributed by atoms with Crippen molar-refractivity contribution in [3.8, 4) is 5.75 Å². The van der Waals surface area contributed by atoms with Gasteiger partial charge in [-0.05, 0) is 68.3 Å². The topological polar surface area (TPSA) is 44.8 Å². The minimum absolute atomic E-state index is 0.0473. The molecule has 1 fully saturated rings. The van der Waals surface area contributed by atoms with E-state index in [1.165, 1.54) is 16.8 Å². The number of carbonyl (C=O) groups is 1. The molecule has 5 heteroatoms. The summed E-state index contributed by atoms with van der Waals surface area (Å²) in [6.07, 6.45) is 0. The van der Waals surface area contributed by atoms with Gasteiger partial charge in [0.2, 0.25) is 0 Å². The normalized spacial score (nSPS) is 14.3. The number of benzene rings is 2. The molecule has 2 aromatic carbocycles. The maximum Gasteiger partial charge on any atom is 0.321 e. The van der Waals surface area contributed by atoms with Crippen LogP contribution in [0.4, 0.5) is 16.2 Å². The first-order valence-electron chi connectivity index (χ1n) is 9.18. The third-order valence-electron chi connectivity index (χ3n) is 4.84. The van der Waals surface area contributed by atoms with Crippen molar-refractivity contribution in [3.63, 3.8) is 0 Å². The highest BCUT2D eigenvalue weighted by atomic mass is 16.5. The van der Waals surface area contributed by atoms with Crippen molar-refractivity contribution in [2.24, 2.45) is 0 Å². The third-order valence-corrected chi connectivity index (χ3v) is 4.84. The Balaban J connectivity index is 1.53. The summed E-state index contributed by atoms with van der Waals surface area (Å²) in [6.45, 7) is 9.98. The van der Waals surface area contributed by atoms with E-state index < -0.39 is 0 Å². The molecule has 1 saturated heterocycles. The molecule has 0 radical (unpaired) electrons. The summed E-state index contributed by atoms with van der Waals surface area (Å²) in [4.78, 5) is 16.7. The number of rotatable bonds is 4. The molecule has 0 saturated carbocycles. The second kappa shape index (κ2) is 8.13.